The summed E-state index contributed by atoms with van der Waals surface area (Å²) < 4.78 is 5.06. The molecular weight excluding hydrogens is 213 g/mol. The third kappa shape index (κ3) is 4.52. The van der Waals surface area contributed by atoms with Crippen LogP contribution in [0.3, 0.4) is 0 Å². The van der Waals surface area contributed by atoms with Gasteiger partial charge in [-0.15, -0.1) is 0 Å². The van der Waals surface area contributed by atoms with Crippen molar-refractivity contribution in [1.82, 2.24) is 10.1 Å². The molecule has 0 atom stereocenters. The minimum absolute atomic E-state index is 0.574. The first kappa shape index (κ1) is 14.3. The summed E-state index contributed by atoms with van der Waals surface area (Å²) in [5.41, 5.74) is 2.29. The van der Waals surface area contributed by atoms with Gasteiger partial charge in [0.1, 0.15) is 0 Å². The Balaban J connectivity index is 2.60. The minimum Gasteiger partial charge on any atom is -0.386 e. The Kier molecular flexibility index (Phi) is 6.30. The highest BCUT2D eigenvalue weighted by Crippen LogP contribution is 2.23. The molecular formula is C12H24BN3O. The monoisotopic (exact) mass is 237 g/mol. The molecule has 0 aliphatic carbocycles. The van der Waals surface area contributed by atoms with Crippen molar-refractivity contribution in [1.29, 1.82) is 5.41 Å². The number of ether oxygens (including phenoxy) is 1. The maximum Gasteiger partial charge on any atom is 0.185 e. The molecule has 0 amide bonds. The lowest BCUT2D eigenvalue weighted by Crippen LogP contribution is -2.36. The van der Waals surface area contributed by atoms with Crippen LogP contribution in [0.1, 0.15) is 19.8 Å². The first-order valence-electron chi connectivity index (χ1n) is 6.31. The highest BCUT2D eigenvalue weighted by molar-refractivity contribution is 6.04. The smallest absolute Gasteiger partial charge is 0.185 e. The standard InChI is InChI=1S/C12H24BN3O/c1-10(9-14)12(15-5-8-17-2)11-3-6-16(13)7-4-11/h9,11,14-15H,3-8,13H2,1-2H3/b12-10-,14-9?. The molecule has 0 saturated carbocycles. The summed E-state index contributed by atoms with van der Waals surface area (Å²) in [4.78, 5) is 2.36. The van der Waals surface area contributed by atoms with Crippen molar-refractivity contribution in [2.75, 3.05) is 33.4 Å². The molecule has 17 heavy (non-hydrogen) atoms. The summed E-state index contributed by atoms with van der Waals surface area (Å²) in [6, 6.07) is 0. The van der Waals surface area contributed by atoms with Gasteiger partial charge in [-0.1, -0.05) is 0 Å². The van der Waals surface area contributed by atoms with E-state index in [1.165, 1.54) is 24.8 Å². The number of nitrogens with one attached hydrogen (secondary N) is 2. The lowest BCUT2D eigenvalue weighted by molar-refractivity contribution is 0.199. The summed E-state index contributed by atoms with van der Waals surface area (Å²) >= 11 is 0. The summed E-state index contributed by atoms with van der Waals surface area (Å²) in [6.07, 6.45) is 3.81. The highest BCUT2D eigenvalue weighted by atomic mass is 16.5. The number of hydrogen-bond acceptors (Lipinski definition) is 4. The Morgan fingerprint density at radius 1 is 1.53 bits per heavy atom. The summed E-state index contributed by atoms with van der Waals surface area (Å²) in [7, 11) is 3.88. The van der Waals surface area contributed by atoms with Crippen LogP contribution in [0, 0.1) is 11.3 Å². The van der Waals surface area contributed by atoms with Gasteiger partial charge in [0.25, 0.3) is 0 Å². The summed E-state index contributed by atoms with van der Waals surface area (Å²) in [6.45, 7) is 5.84. The molecule has 0 bridgehead atoms. The number of nitrogens with zero attached hydrogens (tertiary/aromatic N) is 1. The number of methoxy groups -OCH3 is 1. The SMILES string of the molecule is BN1CCC(/C(NCCOC)=C(\C)C=N)CC1. The van der Waals surface area contributed by atoms with Crippen LogP contribution < -0.4 is 5.32 Å². The van der Waals surface area contributed by atoms with Crippen LogP contribution >= 0.6 is 0 Å². The van der Waals surface area contributed by atoms with E-state index in [1.54, 1.807) is 7.11 Å². The van der Waals surface area contributed by atoms with Crippen LogP contribution in [0.25, 0.3) is 0 Å². The van der Waals surface area contributed by atoms with Gasteiger partial charge in [0, 0.05) is 31.5 Å². The van der Waals surface area contributed by atoms with Gasteiger partial charge in [-0.05, 0) is 38.4 Å². The van der Waals surface area contributed by atoms with Crippen LogP contribution in [0.15, 0.2) is 11.3 Å². The second-order valence-electron chi connectivity index (χ2n) is 4.74. The van der Waals surface area contributed by atoms with Gasteiger partial charge < -0.3 is 20.3 Å². The molecule has 0 aromatic heterocycles. The van der Waals surface area contributed by atoms with Gasteiger partial charge in [-0.25, -0.2) is 0 Å². The molecule has 2 N–H and O–H groups in total. The van der Waals surface area contributed by atoms with E-state index < -0.39 is 0 Å². The van der Waals surface area contributed by atoms with Crippen molar-refractivity contribution in [2.45, 2.75) is 19.8 Å². The quantitative estimate of drug-likeness (QED) is 0.399. The van der Waals surface area contributed by atoms with Crippen molar-refractivity contribution >= 4 is 14.2 Å². The third-order valence-electron chi connectivity index (χ3n) is 3.39. The fraction of sp³-hybridized carbons (Fsp3) is 0.750. The molecule has 5 heteroatoms. The number of piperidine rings is 1. The maximum absolute atomic E-state index is 7.41. The zero-order valence-corrected chi connectivity index (χ0v) is 11.3. The van der Waals surface area contributed by atoms with Crippen LogP contribution in [0.2, 0.25) is 0 Å². The molecule has 1 heterocycles. The molecule has 96 valence electrons. The Hall–Kier alpha value is -0.805. The second kappa shape index (κ2) is 7.51. The third-order valence-corrected chi connectivity index (χ3v) is 3.39. The van der Waals surface area contributed by atoms with Crippen molar-refractivity contribution in [3.8, 4) is 0 Å². The van der Waals surface area contributed by atoms with Crippen molar-refractivity contribution in [2.24, 2.45) is 5.92 Å². The van der Waals surface area contributed by atoms with Crippen molar-refractivity contribution in [3.05, 3.63) is 11.3 Å². The molecule has 0 radical (unpaired) electrons. The molecule has 0 aromatic carbocycles. The largest absolute Gasteiger partial charge is 0.386 e. The normalized spacial score (nSPS) is 19.9. The molecule has 1 aliphatic rings. The van der Waals surface area contributed by atoms with Crippen molar-refractivity contribution < 1.29 is 4.74 Å². The number of allylic oxidation sites excluding steroid dienone is 2. The second-order valence-corrected chi connectivity index (χ2v) is 4.74. The Labute approximate surface area is 105 Å². The van der Waals surface area contributed by atoms with Crippen molar-refractivity contribution in [3.63, 3.8) is 0 Å². The zero-order chi connectivity index (χ0) is 12.7. The number of rotatable bonds is 6. The fourth-order valence-corrected chi connectivity index (χ4v) is 2.27. The Morgan fingerprint density at radius 2 is 2.18 bits per heavy atom. The first-order valence-corrected chi connectivity index (χ1v) is 6.31. The topological polar surface area (TPSA) is 48.4 Å². The van der Waals surface area contributed by atoms with E-state index in [9.17, 15) is 0 Å². The van der Waals surface area contributed by atoms with E-state index in [4.69, 9.17) is 10.1 Å². The molecule has 0 aromatic rings. The lowest BCUT2D eigenvalue weighted by Gasteiger charge is -2.32. The average Bonchev–Trinajstić information content (AvgIpc) is 2.35. The molecule has 1 saturated heterocycles. The Morgan fingerprint density at radius 3 is 2.71 bits per heavy atom. The highest BCUT2D eigenvalue weighted by Gasteiger charge is 2.21. The van der Waals surface area contributed by atoms with E-state index in [0.717, 1.165) is 25.2 Å². The summed E-state index contributed by atoms with van der Waals surface area (Å²) in [5, 5.41) is 10.9. The lowest BCUT2D eigenvalue weighted by atomic mass is 9.90. The van der Waals surface area contributed by atoms with Gasteiger partial charge in [-0.3, -0.25) is 0 Å². The molecule has 1 aliphatic heterocycles. The Bertz CT molecular complexity index is 273. The predicted octanol–water partition coefficient (Wildman–Crippen LogP) is 0.406. The van der Waals surface area contributed by atoms with E-state index >= 15 is 0 Å². The van der Waals surface area contributed by atoms with E-state index in [1.807, 2.05) is 6.92 Å². The van der Waals surface area contributed by atoms with Crippen LogP contribution in [-0.4, -0.2) is 52.4 Å². The average molecular weight is 237 g/mol. The predicted molar refractivity (Wildman–Crippen MR) is 74.2 cm³/mol. The maximum atomic E-state index is 7.41. The van der Waals surface area contributed by atoms with Gasteiger partial charge in [-0.2, -0.15) is 0 Å². The summed E-state index contributed by atoms with van der Waals surface area (Å²) in [5.74, 6) is 0.574. The van der Waals surface area contributed by atoms with Crippen LogP contribution in [0.5, 0.6) is 0 Å². The molecule has 1 fully saturated rings. The van der Waals surface area contributed by atoms with Gasteiger partial charge in [0.2, 0.25) is 0 Å². The zero-order valence-electron chi connectivity index (χ0n) is 11.3. The first-order chi connectivity index (χ1) is 8.19. The molecule has 0 unspecified atom stereocenters. The fourth-order valence-electron chi connectivity index (χ4n) is 2.27. The van der Waals surface area contributed by atoms with E-state index in [0.29, 0.717) is 12.5 Å². The molecule has 4 nitrogen and oxygen atoms in total. The van der Waals surface area contributed by atoms with Gasteiger partial charge >= 0.3 is 0 Å². The van der Waals surface area contributed by atoms with E-state index in [-0.39, 0.29) is 0 Å². The van der Waals surface area contributed by atoms with Gasteiger partial charge in [0.15, 0.2) is 7.98 Å². The minimum atomic E-state index is 0.574. The number of hydrogen-bond donors (Lipinski definition) is 2. The van der Waals surface area contributed by atoms with E-state index in [2.05, 4.69) is 18.1 Å². The van der Waals surface area contributed by atoms with Crippen LogP contribution in [0.4, 0.5) is 0 Å². The molecule has 0 spiro atoms. The van der Waals surface area contributed by atoms with Gasteiger partial charge in [0.05, 0.1) is 6.61 Å². The molecule has 1 rings (SSSR count). The van der Waals surface area contributed by atoms with Crippen LogP contribution in [-0.2, 0) is 4.74 Å².